The van der Waals surface area contributed by atoms with E-state index in [9.17, 15) is 4.79 Å². The summed E-state index contributed by atoms with van der Waals surface area (Å²) in [5.74, 6) is 1.69. The van der Waals surface area contributed by atoms with Gasteiger partial charge in [0.05, 0.1) is 0 Å². The van der Waals surface area contributed by atoms with Gasteiger partial charge in [-0.3, -0.25) is 4.79 Å². The van der Waals surface area contributed by atoms with E-state index in [2.05, 4.69) is 5.32 Å². The molecule has 1 heterocycles. The molecule has 0 saturated carbocycles. The Bertz CT molecular complexity index is 763. The number of amides is 1. The predicted molar refractivity (Wildman–Crippen MR) is 92.1 cm³/mol. The fourth-order valence-corrected chi connectivity index (χ4v) is 2.49. The van der Waals surface area contributed by atoms with Crippen LogP contribution in [0, 0.1) is 6.92 Å². The summed E-state index contributed by atoms with van der Waals surface area (Å²) < 4.78 is 16.4. The number of aryl methyl sites for hydroxylation is 1. The Labute approximate surface area is 145 Å². The SMILES string of the molecule is CC[C@H](Oc1ccc(Cl)c(C)c1)C(=O)Nc1ccc2c(c1)OCO2. The topological polar surface area (TPSA) is 56.8 Å². The summed E-state index contributed by atoms with van der Waals surface area (Å²) in [6.07, 6.45) is -0.0612. The van der Waals surface area contributed by atoms with Gasteiger partial charge in [0.15, 0.2) is 17.6 Å². The van der Waals surface area contributed by atoms with E-state index in [-0.39, 0.29) is 12.7 Å². The van der Waals surface area contributed by atoms with Gasteiger partial charge in [0.1, 0.15) is 5.75 Å². The Kier molecular flexibility index (Phi) is 4.81. The van der Waals surface area contributed by atoms with Crippen molar-refractivity contribution in [3.63, 3.8) is 0 Å². The number of benzene rings is 2. The van der Waals surface area contributed by atoms with E-state index in [1.54, 1.807) is 30.3 Å². The molecule has 2 aromatic carbocycles. The molecule has 6 heteroatoms. The second kappa shape index (κ2) is 7.01. The number of carbonyl (C=O) groups excluding carboxylic acids is 1. The molecule has 1 atom stereocenters. The van der Waals surface area contributed by atoms with E-state index >= 15 is 0 Å². The van der Waals surface area contributed by atoms with E-state index < -0.39 is 6.10 Å². The van der Waals surface area contributed by atoms with Crippen LogP contribution in [0.3, 0.4) is 0 Å². The van der Waals surface area contributed by atoms with Crippen molar-refractivity contribution in [1.82, 2.24) is 0 Å². The molecular formula is C18H18ClNO4. The summed E-state index contributed by atoms with van der Waals surface area (Å²) in [5, 5.41) is 3.51. The Hall–Kier alpha value is -2.40. The van der Waals surface area contributed by atoms with Crippen molar-refractivity contribution in [2.75, 3.05) is 12.1 Å². The molecule has 0 unspecified atom stereocenters. The quantitative estimate of drug-likeness (QED) is 0.881. The molecule has 24 heavy (non-hydrogen) atoms. The maximum absolute atomic E-state index is 12.5. The zero-order valence-electron chi connectivity index (χ0n) is 13.5. The number of halogens is 1. The first-order chi connectivity index (χ1) is 11.6. The van der Waals surface area contributed by atoms with Gasteiger partial charge in [-0.25, -0.2) is 0 Å². The van der Waals surface area contributed by atoms with Crippen molar-refractivity contribution in [2.45, 2.75) is 26.4 Å². The number of fused-ring (bicyclic) bond motifs is 1. The number of hydrogen-bond donors (Lipinski definition) is 1. The van der Waals surface area contributed by atoms with E-state index in [4.69, 9.17) is 25.8 Å². The Morgan fingerprint density at radius 3 is 2.79 bits per heavy atom. The van der Waals surface area contributed by atoms with Crippen LogP contribution in [-0.4, -0.2) is 18.8 Å². The molecule has 0 aliphatic carbocycles. The number of ether oxygens (including phenoxy) is 3. The third-order valence-corrected chi connectivity index (χ3v) is 4.14. The molecule has 3 rings (SSSR count). The van der Waals surface area contributed by atoms with Gasteiger partial charge >= 0.3 is 0 Å². The van der Waals surface area contributed by atoms with Gasteiger partial charge in [-0.15, -0.1) is 0 Å². The van der Waals surface area contributed by atoms with Crippen LogP contribution in [0.1, 0.15) is 18.9 Å². The summed E-state index contributed by atoms with van der Waals surface area (Å²) in [6, 6.07) is 10.6. The molecule has 1 aliphatic heterocycles. The Morgan fingerprint density at radius 2 is 2.04 bits per heavy atom. The Balaban J connectivity index is 1.68. The number of anilines is 1. The molecule has 0 spiro atoms. The minimum absolute atomic E-state index is 0.198. The number of rotatable bonds is 5. The monoisotopic (exact) mass is 347 g/mol. The van der Waals surface area contributed by atoms with Gasteiger partial charge in [0.2, 0.25) is 6.79 Å². The van der Waals surface area contributed by atoms with Crippen LogP contribution in [0.2, 0.25) is 5.02 Å². The van der Waals surface area contributed by atoms with Crippen LogP contribution in [0.5, 0.6) is 17.2 Å². The number of hydrogen-bond acceptors (Lipinski definition) is 4. The summed E-state index contributed by atoms with van der Waals surface area (Å²) in [4.78, 5) is 12.5. The highest BCUT2D eigenvalue weighted by molar-refractivity contribution is 6.31. The summed E-state index contributed by atoms with van der Waals surface area (Å²) >= 11 is 6.01. The first kappa shape index (κ1) is 16.5. The lowest BCUT2D eigenvalue weighted by Crippen LogP contribution is -2.32. The predicted octanol–water partition coefficient (Wildman–Crippen LogP) is 4.17. The normalized spacial score (nSPS) is 13.5. The number of carbonyl (C=O) groups is 1. The zero-order chi connectivity index (χ0) is 17.1. The van der Waals surface area contributed by atoms with Gasteiger partial charge in [-0.05, 0) is 49.2 Å². The average Bonchev–Trinajstić information content (AvgIpc) is 3.03. The largest absolute Gasteiger partial charge is 0.481 e. The molecular weight excluding hydrogens is 330 g/mol. The van der Waals surface area contributed by atoms with Crippen LogP contribution in [-0.2, 0) is 4.79 Å². The zero-order valence-corrected chi connectivity index (χ0v) is 14.2. The molecule has 0 fully saturated rings. The smallest absolute Gasteiger partial charge is 0.265 e. The van der Waals surface area contributed by atoms with Crippen molar-refractivity contribution < 1.29 is 19.0 Å². The molecule has 0 aromatic heterocycles. The summed E-state index contributed by atoms with van der Waals surface area (Å²) in [7, 11) is 0. The van der Waals surface area contributed by atoms with E-state index in [0.29, 0.717) is 34.4 Å². The summed E-state index contributed by atoms with van der Waals surface area (Å²) in [6.45, 7) is 3.98. The maximum atomic E-state index is 12.5. The molecule has 0 bridgehead atoms. The lowest BCUT2D eigenvalue weighted by atomic mass is 10.2. The van der Waals surface area contributed by atoms with Crippen LogP contribution in [0.15, 0.2) is 36.4 Å². The highest BCUT2D eigenvalue weighted by Gasteiger charge is 2.20. The average molecular weight is 348 g/mol. The molecule has 126 valence electrons. The standard InChI is InChI=1S/C18H18ClNO4/c1-3-15(24-13-5-6-14(19)11(2)8-13)18(21)20-12-4-7-16-17(9-12)23-10-22-16/h4-9,15H,3,10H2,1-2H3,(H,20,21)/t15-/m0/s1. The minimum Gasteiger partial charge on any atom is -0.481 e. The molecule has 5 nitrogen and oxygen atoms in total. The van der Waals surface area contributed by atoms with E-state index in [1.165, 1.54) is 0 Å². The van der Waals surface area contributed by atoms with E-state index in [1.807, 2.05) is 19.9 Å². The minimum atomic E-state index is -0.601. The molecule has 2 aromatic rings. The third kappa shape index (κ3) is 3.57. The van der Waals surface area contributed by atoms with Crippen molar-refractivity contribution in [3.8, 4) is 17.2 Å². The fourth-order valence-electron chi connectivity index (χ4n) is 2.37. The van der Waals surface area contributed by atoms with Gasteiger partial charge in [-0.1, -0.05) is 18.5 Å². The Morgan fingerprint density at radius 1 is 1.25 bits per heavy atom. The van der Waals surface area contributed by atoms with E-state index in [0.717, 1.165) is 5.56 Å². The van der Waals surface area contributed by atoms with Gasteiger partial charge in [0.25, 0.3) is 5.91 Å². The second-order valence-electron chi connectivity index (χ2n) is 5.48. The van der Waals surface area contributed by atoms with Crippen LogP contribution < -0.4 is 19.5 Å². The first-order valence-electron chi connectivity index (χ1n) is 7.70. The first-order valence-corrected chi connectivity index (χ1v) is 8.08. The molecule has 1 N–H and O–H groups in total. The fraction of sp³-hybridized carbons (Fsp3) is 0.278. The highest BCUT2D eigenvalue weighted by atomic mass is 35.5. The van der Waals surface area contributed by atoms with Gasteiger partial charge < -0.3 is 19.5 Å². The van der Waals surface area contributed by atoms with Crippen LogP contribution in [0.4, 0.5) is 5.69 Å². The highest BCUT2D eigenvalue weighted by Crippen LogP contribution is 2.34. The number of nitrogens with one attached hydrogen (secondary N) is 1. The maximum Gasteiger partial charge on any atom is 0.265 e. The molecule has 1 aliphatic rings. The lowest BCUT2D eigenvalue weighted by Gasteiger charge is -2.18. The molecule has 1 amide bonds. The molecule has 0 radical (unpaired) electrons. The van der Waals surface area contributed by atoms with Crippen molar-refractivity contribution in [3.05, 3.63) is 47.0 Å². The van der Waals surface area contributed by atoms with Crippen molar-refractivity contribution in [1.29, 1.82) is 0 Å². The van der Waals surface area contributed by atoms with Crippen LogP contribution in [0.25, 0.3) is 0 Å². The lowest BCUT2D eigenvalue weighted by molar-refractivity contribution is -0.122. The van der Waals surface area contributed by atoms with Gasteiger partial charge in [0, 0.05) is 16.8 Å². The van der Waals surface area contributed by atoms with Gasteiger partial charge in [-0.2, -0.15) is 0 Å². The molecule has 0 saturated heterocycles. The second-order valence-corrected chi connectivity index (χ2v) is 5.89. The third-order valence-electron chi connectivity index (χ3n) is 3.71. The van der Waals surface area contributed by atoms with Crippen molar-refractivity contribution in [2.24, 2.45) is 0 Å². The van der Waals surface area contributed by atoms with Crippen molar-refractivity contribution >= 4 is 23.2 Å². The summed E-state index contributed by atoms with van der Waals surface area (Å²) in [5.41, 5.74) is 1.54. The van der Waals surface area contributed by atoms with Crippen LogP contribution >= 0.6 is 11.6 Å².